The minimum absolute atomic E-state index is 0.137. The first-order chi connectivity index (χ1) is 13.3. The van der Waals surface area contributed by atoms with Gasteiger partial charge in [0.15, 0.2) is 17.7 Å². The van der Waals surface area contributed by atoms with Gasteiger partial charge in [-0.05, 0) is 0 Å². The van der Waals surface area contributed by atoms with Gasteiger partial charge in [0.2, 0.25) is 0 Å². The molecule has 13 nitrogen and oxygen atoms in total. The minimum Gasteiger partial charge on any atom is -0.394 e. The molecule has 0 bridgehead atoms. The van der Waals surface area contributed by atoms with Crippen molar-refractivity contribution >= 4 is 23.3 Å². The maximum Gasteiger partial charge on any atom is 0.167 e. The summed E-state index contributed by atoms with van der Waals surface area (Å²) in [5.41, 5.74) is 6.44. The lowest BCUT2D eigenvalue weighted by molar-refractivity contribution is -0.111. The molecule has 3 rings (SSSR count). The molecule has 0 radical (unpaired) electrons. The van der Waals surface area contributed by atoms with E-state index in [0.717, 1.165) is 0 Å². The highest BCUT2D eigenvalue weighted by molar-refractivity contribution is 5.81. The van der Waals surface area contributed by atoms with Crippen molar-refractivity contribution in [2.75, 3.05) is 18.9 Å². The van der Waals surface area contributed by atoms with E-state index in [-0.39, 0.29) is 12.2 Å². The summed E-state index contributed by atoms with van der Waals surface area (Å²) in [6.07, 6.45) is -3.40. The Morgan fingerprint density at radius 1 is 1.18 bits per heavy atom. The van der Waals surface area contributed by atoms with Gasteiger partial charge in [0.05, 0.1) is 25.6 Å². The molecule has 1 aliphatic heterocycles. The van der Waals surface area contributed by atoms with Crippen LogP contribution in [0.3, 0.4) is 0 Å². The van der Waals surface area contributed by atoms with Gasteiger partial charge in [0.25, 0.3) is 0 Å². The number of anilines is 1. The van der Waals surface area contributed by atoms with Gasteiger partial charge < -0.3 is 45.9 Å². The van der Waals surface area contributed by atoms with Gasteiger partial charge in [-0.25, -0.2) is 15.0 Å². The maximum atomic E-state index is 9.95. The zero-order valence-corrected chi connectivity index (χ0v) is 14.7. The van der Waals surface area contributed by atoms with Crippen LogP contribution >= 0.6 is 0 Å². The average Bonchev–Trinajstić information content (AvgIpc) is 3.24. The quantitative estimate of drug-likeness (QED) is 0.233. The van der Waals surface area contributed by atoms with Gasteiger partial charge in [0, 0.05) is 6.42 Å². The number of ether oxygens (including phenoxy) is 1. The number of nitrogens with two attached hydrogens (primary N) is 1. The van der Waals surface area contributed by atoms with Crippen LogP contribution in [0, 0.1) is 0 Å². The number of nitrogens with zero attached hydrogens (tertiary/aromatic N) is 4. The van der Waals surface area contributed by atoms with Gasteiger partial charge >= 0.3 is 0 Å². The molecule has 1 aliphatic rings. The van der Waals surface area contributed by atoms with Gasteiger partial charge in [-0.3, -0.25) is 4.57 Å². The molecule has 0 aliphatic carbocycles. The number of imidazole rings is 1. The molecule has 1 saturated heterocycles. The number of aliphatic hydroxyl groups is 6. The number of nitrogen functional groups attached to an aromatic ring is 1. The molecule has 1 fully saturated rings. The summed E-state index contributed by atoms with van der Waals surface area (Å²) >= 11 is 0. The van der Waals surface area contributed by atoms with Crippen molar-refractivity contribution in [1.29, 1.82) is 0 Å². The van der Waals surface area contributed by atoms with E-state index in [1.165, 1.54) is 17.2 Å². The Balaban J connectivity index is 0.000000266. The molecule has 13 heteroatoms. The molecule has 3 heterocycles. The van der Waals surface area contributed by atoms with Crippen molar-refractivity contribution < 1.29 is 40.2 Å². The lowest BCUT2D eigenvalue weighted by atomic mass is 10.1. The van der Waals surface area contributed by atoms with Crippen LogP contribution < -0.4 is 5.73 Å². The fourth-order valence-electron chi connectivity index (χ4n) is 2.54. The number of fused-ring (bicyclic) bond motifs is 1. The predicted molar refractivity (Wildman–Crippen MR) is 92.5 cm³/mol. The molecular formula is C15H23N5O8. The lowest BCUT2D eigenvalue weighted by Crippen LogP contribution is -2.33. The first kappa shape index (κ1) is 22.0. The van der Waals surface area contributed by atoms with Gasteiger partial charge in [-0.15, -0.1) is 0 Å². The highest BCUT2D eigenvalue weighted by atomic mass is 16.6. The Morgan fingerprint density at radius 3 is 2.46 bits per heavy atom. The van der Waals surface area contributed by atoms with Crippen LogP contribution in [0.1, 0.15) is 12.6 Å². The first-order valence-electron chi connectivity index (χ1n) is 8.31. The Labute approximate surface area is 158 Å². The summed E-state index contributed by atoms with van der Waals surface area (Å²) in [6.45, 7) is -0.909. The third-order valence-electron chi connectivity index (χ3n) is 4.15. The molecule has 0 saturated carbocycles. The normalized spacial score (nSPS) is 26.5. The summed E-state index contributed by atoms with van der Waals surface area (Å²) in [7, 11) is 0. The molecule has 2 aromatic rings. The second-order valence-corrected chi connectivity index (χ2v) is 6.03. The van der Waals surface area contributed by atoms with E-state index in [1.807, 2.05) is 0 Å². The summed E-state index contributed by atoms with van der Waals surface area (Å²) < 4.78 is 6.85. The minimum atomic E-state index is -1.20. The number of rotatable bonds is 6. The smallest absolute Gasteiger partial charge is 0.167 e. The second-order valence-electron chi connectivity index (χ2n) is 6.03. The molecule has 6 atom stereocenters. The van der Waals surface area contributed by atoms with Crippen molar-refractivity contribution in [3.63, 3.8) is 0 Å². The van der Waals surface area contributed by atoms with Crippen LogP contribution in [0.15, 0.2) is 12.7 Å². The molecular weight excluding hydrogens is 378 g/mol. The number of aldehydes is 1. The third-order valence-corrected chi connectivity index (χ3v) is 4.15. The topological polar surface area (TPSA) is 217 Å². The van der Waals surface area contributed by atoms with Gasteiger partial charge in [-0.1, -0.05) is 0 Å². The number of aliphatic hydroxyl groups excluding tert-OH is 6. The number of carbonyl (C=O) groups excluding carboxylic acids is 1. The highest BCUT2D eigenvalue weighted by Gasteiger charge is 2.43. The van der Waals surface area contributed by atoms with E-state index in [1.54, 1.807) is 0 Å². The highest BCUT2D eigenvalue weighted by Crippen LogP contribution is 2.31. The molecule has 0 aromatic carbocycles. The number of aromatic nitrogens is 4. The zero-order valence-electron chi connectivity index (χ0n) is 14.7. The SMILES string of the molecule is Nc1ncnc2c1ncn2[C@@H]1O[C@H](CO)[C@@H](O)[C@H]1O.O=CCC(O)C(O)CO. The van der Waals surface area contributed by atoms with E-state index >= 15 is 0 Å². The average molecular weight is 401 g/mol. The van der Waals surface area contributed by atoms with E-state index in [0.29, 0.717) is 17.5 Å². The van der Waals surface area contributed by atoms with Crippen LogP contribution in [0.25, 0.3) is 11.2 Å². The Bertz CT molecular complexity index is 774. The standard InChI is InChI=1S/C10H13N5O4.C5H10O4/c11-8-5-9(13-2-12-8)15(3-14-5)10-7(18)6(17)4(1-16)19-10;6-2-1-4(8)5(9)3-7/h2-4,6-7,10,16-18H,1H2,(H2,11,12,13);2,4-5,7-9H,1,3H2/t4-,6-,7-,10-;/m1./s1. The Hall–Kier alpha value is -2.26. The predicted octanol–water partition coefficient (Wildman–Crippen LogP) is -3.69. The van der Waals surface area contributed by atoms with Crippen molar-refractivity contribution in [3.8, 4) is 0 Å². The van der Waals surface area contributed by atoms with E-state index in [4.69, 9.17) is 30.9 Å². The fraction of sp³-hybridized carbons (Fsp3) is 0.600. The van der Waals surface area contributed by atoms with Crippen molar-refractivity contribution in [2.24, 2.45) is 0 Å². The molecule has 8 N–H and O–H groups in total. The Morgan fingerprint density at radius 2 is 1.89 bits per heavy atom. The second kappa shape index (κ2) is 9.79. The molecule has 0 spiro atoms. The van der Waals surface area contributed by atoms with Crippen LogP contribution in [0.4, 0.5) is 5.82 Å². The van der Waals surface area contributed by atoms with Crippen LogP contribution in [0.5, 0.6) is 0 Å². The molecule has 2 unspecified atom stereocenters. The van der Waals surface area contributed by atoms with Gasteiger partial charge in [0.1, 0.15) is 42.5 Å². The largest absolute Gasteiger partial charge is 0.394 e. The molecule has 0 amide bonds. The Kier molecular flexibility index (Phi) is 7.70. The number of carbonyl (C=O) groups is 1. The first-order valence-corrected chi connectivity index (χ1v) is 8.31. The fourth-order valence-corrected chi connectivity index (χ4v) is 2.54. The van der Waals surface area contributed by atoms with E-state index < -0.39 is 50.0 Å². The number of hydrogen-bond acceptors (Lipinski definition) is 12. The van der Waals surface area contributed by atoms with E-state index in [2.05, 4.69) is 15.0 Å². The van der Waals surface area contributed by atoms with Crippen LogP contribution in [0.2, 0.25) is 0 Å². The van der Waals surface area contributed by atoms with Crippen molar-refractivity contribution in [3.05, 3.63) is 12.7 Å². The van der Waals surface area contributed by atoms with Crippen molar-refractivity contribution in [1.82, 2.24) is 19.5 Å². The van der Waals surface area contributed by atoms with Crippen molar-refractivity contribution in [2.45, 2.75) is 43.2 Å². The lowest BCUT2D eigenvalue weighted by Gasteiger charge is -2.16. The monoisotopic (exact) mass is 401 g/mol. The molecule has 156 valence electrons. The molecule has 28 heavy (non-hydrogen) atoms. The zero-order chi connectivity index (χ0) is 20.8. The molecule has 2 aromatic heterocycles. The van der Waals surface area contributed by atoms with Gasteiger partial charge in [-0.2, -0.15) is 0 Å². The summed E-state index contributed by atoms with van der Waals surface area (Å²) in [5.74, 6) is 0.218. The van der Waals surface area contributed by atoms with Crippen LogP contribution in [-0.2, 0) is 9.53 Å². The summed E-state index contributed by atoms with van der Waals surface area (Å²) in [5, 5.41) is 54.2. The summed E-state index contributed by atoms with van der Waals surface area (Å²) in [6, 6.07) is 0. The van der Waals surface area contributed by atoms with Crippen LogP contribution in [-0.4, -0.2) is 100 Å². The number of hydrogen-bond donors (Lipinski definition) is 7. The third kappa shape index (κ3) is 4.59. The maximum absolute atomic E-state index is 9.95. The van der Waals surface area contributed by atoms with E-state index in [9.17, 15) is 15.0 Å². The summed E-state index contributed by atoms with van der Waals surface area (Å²) in [4.78, 5) is 21.6.